The molecule has 0 fully saturated rings. The van der Waals surface area contributed by atoms with E-state index < -0.39 is 18.2 Å². The molecule has 202 valence electrons. The number of fused-ring (bicyclic) bond motifs is 1. The van der Waals surface area contributed by atoms with Gasteiger partial charge >= 0.3 is 6.36 Å². The Morgan fingerprint density at radius 3 is 2.26 bits per heavy atom. The molecule has 5 N–H and O–H groups in total. The molecule has 0 aliphatic heterocycles. The fourth-order valence-electron chi connectivity index (χ4n) is 3.29. The number of alkyl halides is 3. The second-order valence-corrected chi connectivity index (χ2v) is 8.19. The number of carbonyl (C=O) groups excluding carboxylic acids is 2. The van der Waals surface area contributed by atoms with Crippen molar-refractivity contribution in [1.29, 1.82) is 5.41 Å². The molecule has 39 heavy (non-hydrogen) atoms. The molecule has 4 rings (SSSR count). The van der Waals surface area contributed by atoms with Gasteiger partial charge in [-0.2, -0.15) is 0 Å². The van der Waals surface area contributed by atoms with Crippen molar-refractivity contribution >= 4 is 46.1 Å². The maximum absolute atomic E-state index is 12.2. The molecule has 0 aliphatic carbocycles. The summed E-state index contributed by atoms with van der Waals surface area (Å²) in [5.74, 6) is -0.974. The normalized spacial score (nSPS) is 10.7. The zero-order valence-corrected chi connectivity index (χ0v) is 20.7. The lowest BCUT2D eigenvalue weighted by Crippen LogP contribution is -2.20. The molecule has 0 radical (unpaired) electrons. The number of halogens is 4. The number of carbonyl (C=O) groups is 2. The Balaban J connectivity index is 0.000000320. The average Bonchev–Trinajstić information content (AvgIpc) is 2.89. The van der Waals surface area contributed by atoms with Gasteiger partial charge in [-0.3, -0.25) is 9.59 Å². The number of amides is 2. The minimum atomic E-state index is -4.77. The topological polar surface area (TPSA) is 135 Å². The van der Waals surface area contributed by atoms with E-state index in [4.69, 9.17) is 32.6 Å². The molecule has 0 saturated heterocycles. The van der Waals surface area contributed by atoms with Gasteiger partial charge in [0.1, 0.15) is 17.2 Å². The highest BCUT2D eigenvalue weighted by Gasteiger charge is 2.31. The average molecular weight is 560 g/mol. The number of hydrogen-bond donors (Lipinski definition) is 4. The number of nitrogens with two attached hydrogens (primary N) is 1. The van der Waals surface area contributed by atoms with Gasteiger partial charge in [0.25, 0.3) is 5.91 Å². The first-order valence-electron chi connectivity index (χ1n) is 11.1. The lowest BCUT2D eigenvalue weighted by Gasteiger charge is -2.12. The van der Waals surface area contributed by atoms with Gasteiger partial charge in [0.05, 0.1) is 5.02 Å². The summed E-state index contributed by atoms with van der Waals surface area (Å²) in [5.41, 5.74) is 6.28. The Bertz CT molecular complexity index is 1490. The van der Waals surface area contributed by atoms with E-state index in [-0.39, 0.29) is 28.7 Å². The first-order valence-corrected chi connectivity index (χ1v) is 11.4. The molecule has 2 amide bonds. The molecular weight excluding hydrogens is 539 g/mol. The third-order valence-electron chi connectivity index (χ3n) is 5.04. The van der Waals surface area contributed by atoms with Crippen LogP contribution in [0.15, 0.2) is 78.9 Å². The highest BCUT2D eigenvalue weighted by atomic mass is 35.5. The van der Waals surface area contributed by atoms with Crippen LogP contribution in [-0.4, -0.2) is 36.1 Å². The zero-order chi connectivity index (χ0) is 28.6. The summed E-state index contributed by atoms with van der Waals surface area (Å²) in [4.78, 5) is 22.6. The van der Waals surface area contributed by atoms with Crippen molar-refractivity contribution in [3.05, 3.63) is 95.0 Å². The van der Waals surface area contributed by atoms with Crippen molar-refractivity contribution < 1.29 is 37.3 Å². The molecule has 0 unspecified atom stereocenters. The van der Waals surface area contributed by atoms with E-state index in [0.29, 0.717) is 11.4 Å². The first-order chi connectivity index (χ1) is 18.5. The minimum absolute atomic E-state index is 0.0586. The summed E-state index contributed by atoms with van der Waals surface area (Å²) < 4.78 is 45.8. The molecule has 12 heteroatoms. The first kappa shape index (κ1) is 28.8. The van der Waals surface area contributed by atoms with Gasteiger partial charge < -0.3 is 31.0 Å². The predicted octanol–water partition coefficient (Wildman–Crippen LogP) is 5.90. The standard InChI is InChI=1S/C20H15F3N2O3.C7H6ClNO2/c21-20(22,23)28-15-8-6-14(7-9-15)25-19(26)12-27-18-10-5-13(11-24)16-3-1-2-4-17(16)18;8-5-3-4(7(9)11)1-2-6(5)10/h1-11,24H,12H2,(H,25,26);1-3,10H,(H2,9,11). The van der Waals surface area contributed by atoms with E-state index in [0.717, 1.165) is 28.5 Å². The van der Waals surface area contributed by atoms with Crippen LogP contribution in [0.5, 0.6) is 17.2 Å². The number of nitrogens with one attached hydrogen (secondary N) is 2. The molecule has 4 aromatic rings. The number of primary amides is 1. The molecule has 0 saturated carbocycles. The van der Waals surface area contributed by atoms with Gasteiger partial charge in [-0.1, -0.05) is 35.9 Å². The van der Waals surface area contributed by atoms with E-state index in [2.05, 4.69) is 10.1 Å². The number of phenols is 1. The van der Waals surface area contributed by atoms with E-state index in [9.17, 15) is 22.8 Å². The summed E-state index contributed by atoms with van der Waals surface area (Å²) in [6.45, 7) is -0.283. The molecule has 8 nitrogen and oxygen atoms in total. The Kier molecular flexibility index (Phi) is 9.34. The van der Waals surface area contributed by atoms with E-state index in [1.54, 1.807) is 12.1 Å². The van der Waals surface area contributed by atoms with Crippen molar-refractivity contribution in [2.24, 2.45) is 5.73 Å². The largest absolute Gasteiger partial charge is 0.573 e. The van der Waals surface area contributed by atoms with Crippen molar-refractivity contribution in [2.45, 2.75) is 6.36 Å². The van der Waals surface area contributed by atoms with Crippen molar-refractivity contribution in [3.8, 4) is 17.2 Å². The highest BCUT2D eigenvalue weighted by Crippen LogP contribution is 2.28. The van der Waals surface area contributed by atoms with Crippen LogP contribution in [0.4, 0.5) is 18.9 Å². The summed E-state index contributed by atoms with van der Waals surface area (Å²) in [6, 6.07) is 19.6. The van der Waals surface area contributed by atoms with Crippen LogP contribution >= 0.6 is 11.6 Å². The molecule has 0 aromatic heterocycles. The van der Waals surface area contributed by atoms with Crippen LogP contribution in [0.25, 0.3) is 10.8 Å². The number of anilines is 1. The van der Waals surface area contributed by atoms with E-state index in [1.807, 2.05) is 24.3 Å². The fraction of sp³-hybridized carbons (Fsp3) is 0.0741. The quantitative estimate of drug-likeness (QED) is 0.209. The van der Waals surface area contributed by atoms with Crippen LogP contribution in [0.3, 0.4) is 0 Å². The maximum Gasteiger partial charge on any atom is 0.573 e. The fourth-order valence-corrected chi connectivity index (χ4v) is 3.47. The third kappa shape index (κ3) is 8.37. The van der Waals surface area contributed by atoms with E-state index in [1.165, 1.54) is 36.5 Å². The van der Waals surface area contributed by atoms with Crippen LogP contribution in [-0.2, 0) is 4.79 Å². The SMILES string of the molecule is N=Cc1ccc(OCC(=O)Nc2ccc(OC(F)(F)F)cc2)c2ccccc12.NC(=O)c1ccc(O)c(Cl)c1. The number of hydrogen-bond acceptors (Lipinski definition) is 6. The third-order valence-corrected chi connectivity index (χ3v) is 5.34. The van der Waals surface area contributed by atoms with Gasteiger partial charge in [-0.05, 0) is 60.0 Å². The summed E-state index contributed by atoms with van der Waals surface area (Å²) in [7, 11) is 0. The van der Waals surface area contributed by atoms with Gasteiger partial charge in [0.15, 0.2) is 6.61 Å². The highest BCUT2D eigenvalue weighted by molar-refractivity contribution is 6.32. The van der Waals surface area contributed by atoms with Gasteiger partial charge in [-0.25, -0.2) is 0 Å². The Labute approximate surface area is 225 Å². The van der Waals surface area contributed by atoms with Crippen molar-refractivity contribution in [1.82, 2.24) is 0 Å². The molecule has 0 aliphatic rings. The number of rotatable bonds is 7. The molecular formula is C27H21ClF3N3O5. The lowest BCUT2D eigenvalue weighted by molar-refractivity contribution is -0.274. The Hall–Kier alpha value is -4.77. The minimum Gasteiger partial charge on any atom is -0.506 e. The number of ether oxygens (including phenoxy) is 2. The Morgan fingerprint density at radius 2 is 1.67 bits per heavy atom. The second kappa shape index (κ2) is 12.7. The summed E-state index contributed by atoms with van der Waals surface area (Å²) in [6.07, 6.45) is -3.53. The van der Waals surface area contributed by atoms with Gasteiger partial charge in [0, 0.05) is 28.4 Å². The molecule has 0 bridgehead atoms. The van der Waals surface area contributed by atoms with Crippen LogP contribution < -0.4 is 20.5 Å². The summed E-state index contributed by atoms with van der Waals surface area (Å²) in [5, 5.41) is 20.7. The Morgan fingerprint density at radius 1 is 1.00 bits per heavy atom. The molecule has 0 spiro atoms. The van der Waals surface area contributed by atoms with Gasteiger partial charge in [0.2, 0.25) is 5.91 Å². The second-order valence-electron chi connectivity index (χ2n) is 7.78. The van der Waals surface area contributed by atoms with Crippen molar-refractivity contribution in [2.75, 3.05) is 11.9 Å². The maximum atomic E-state index is 12.2. The van der Waals surface area contributed by atoms with E-state index >= 15 is 0 Å². The van der Waals surface area contributed by atoms with Gasteiger partial charge in [-0.15, -0.1) is 13.2 Å². The van der Waals surface area contributed by atoms with Crippen LogP contribution in [0.1, 0.15) is 15.9 Å². The van der Waals surface area contributed by atoms with Crippen LogP contribution in [0, 0.1) is 5.41 Å². The number of phenolic OH excluding ortho intramolecular Hbond substituents is 1. The molecule has 0 atom stereocenters. The number of aromatic hydroxyl groups is 1. The monoisotopic (exact) mass is 559 g/mol. The lowest BCUT2D eigenvalue weighted by atomic mass is 10.0. The number of benzene rings is 4. The smallest absolute Gasteiger partial charge is 0.506 e. The molecule has 4 aromatic carbocycles. The zero-order valence-electron chi connectivity index (χ0n) is 20.0. The summed E-state index contributed by atoms with van der Waals surface area (Å²) >= 11 is 5.50. The van der Waals surface area contributed by atoms with Crippen molar-refractivity contribution in [3.63, 3.8) is 0 Å². The van der Waals surface area contributed by atoms with Crippen LogP contribution in [0.2, 0.25) is 5.02 Å². The predicted molar refractivity (Wildman–Crippen MR) is 141 cm³/mol. The molecule has 0 heterocycles.